The van der Waals surface area contributed by atoms with Gasteiger partial charge in [-0.2, -0.15) is 0 Å². The van der Waals surface area contributed by atoms with Gasteiger partial charge in [0.2, 0.25) is 5.55 Å². The van der Waals surface area contributed by atoms with Gasteiger partial charge in [0.05, 0.1) is 12.8 Å². The van der Waals surface area contributed by atoms with Crippen LogP contribution >= 0.6 is 0 Å². The molecule has 0 bridgehead atoms. The van der Waals surface area contributed by atoms with Gasteiger partial charge in [0.1, 0.15) is 16.9 Å². The van der Waals surface area contributed by atoms with Gasteiger partial charge in [-0.05, 0) is 36.4 Å². The summed E-state index contributed by atoms with van der Waals surface area (Å²) < 4.78 is 11.2. The molecule has 1 N–H and O–H groups in total. The van der Waals surface area contributed by atoms with Crippen LogP contribution in [-0.2, 0) is 0 Å². The Balaban J connectivity index is 1.81. The Morgan fingerprint density at radius 2 is 1.71 bits per heavy atom. The number of benzene rings is 3. The van der Waals surface area contributed by atoms with E-state index in [1.165, 1.54) is 0 Å². The van der Waals surface area contributed by atoms with Crippen molar-refractivity contribution in [2.24, 2.45) is 4.99 Å². The molecule has 4 aromatic rings. The third-order valence-electron chi connectivity index (χ3n) is 4.21. The number of amides is 1. The number of ether oxygens (including phenoxy) is 1. The number of nitrogens with one attached hydrogen (secondary N) is 1. The van der Waals surface area contributed by atoms with Gasteiger partial charge < -0.3 is 14.5 Å². The minimum absolute atomic E-state index is 0.255. The van der Waals surface area contributed by atoms with E-state index in [1.807, 2.05) is 66.7 Å². The topological polar surface area (TPSA) is 63.8 Å². The molecule has 5 nitrogen and oxygen atoms in total. The molecule has 0 radical (unpaired) electrons. The zero-order chi connectivity index (χ0) is 19.3. The first-order valence-electron chi connectivity index (χ1n) is 8.81. The van der Waals surface area contributed by atoms with Crippen molar-refractivity contribution in [3.63, 3.8) is 0 Å². The summed E-state index contributed by atoms with van der Waals surface area (Å²) in [5.41, 5.74) is 2.60. The monoisotopic (exact) mass is 370 g/mol. The highest BCUT2D eigenvalue weighted by Crippen LogP contribution is 2.19. The number of para-hydroxylation sites is 2. The zero-order valence-corrected chi connectivity index (χ0v) is 15.3. The Kier molecular flexibility index (Phi) is 4.89. The van der Waals surface area contributed by atoms with Crippen LogP contribution < -0.4 is 15.6 Å². The van der Waals surface area contributed by atoms with Crippen LogP contribution in [0.1, 0.15) is 10.4 Å². The fourth-order valence-corrected chi connectivity index (χ4v) is 2.83. The molecule has 138 valence electrons. The van der Waals surface area contributed by atoms with Gasteiger partial charge >= 0.3 is 0 Å². The number of carbonyl (C=O) groups excluding carboxylic acids is 1. The van der Waals surface area contributed by atoms with Crippen molar-refractivity contribution in [3.8, 4) is 5.75 Å². The number of anilines is 1. The molecule has 0 unspecified atom stereocenters. The first kappa shape index (κ1) is 17.5. The zero-order valence-electron chi connectivity index (χ0n) is 15.3. The van der Waals surface area contributed by atoms with Gasteiger partial charge in [0, 0.05) is 17.1 Å². The lowest BCUT2D eigenvalue weighted by molar-refractivity contribution is 0.102. The predicted molar refractivity (Wildman–Crippen MR) is 109 cm³/mol. The van der Waals surface area contributed by atoms with Crippen LogP contribution in [-0.4, -0.2) is 13.0 Å². The summed E-state index contributed by atoms with van der Waals surface area (Å²) in [5.74, 6) is 0.354. The van der Waals surface area contributed by atoms with Crippen LogP contribution in [0.4, 0.5) is 11.4 Å². The number of nitrogens with zero attached hydrogens (tertiary/aromatic N) is 1. The number of rotatable bonds is 4. The Morgan fingerprint density at radius 1 is 0.929 bits per heavy atom. The first-order chi connectivity index (χ1) is 13.7. The average Bonchev–Trinajstić information content (AvgIpc) is 2.74. The van der Waals surface area contributed by atoms with Gasteiger partial charge in [-0.15, -0.1) is 0 Å². The Labute approximate surface area is 161 Å². The molecule has 4 rings (SSSR count). The SMILES string of the molecule is COc1cccc(NC(=O)c2cc3ccccc3oc2=Nc2ccccc2)c1. The molecule has 0 atom stereocenters. The molecule has 1 aromatic heterocycles. The lowest BCUT2D eigenvalue weighted by Gasteiger charge is -2.08. The summed E-state index contributed by atoms with van der Waals surface area (Å²) in [6, 6.07) is 25.9. The van der Waals surface area contributed by atoms with Crippen molar-refractivity contribution in [2.75, 3.05) is 12.4 Å². The Bertz CT molecular complexity index is 1200. The maximum absolute atomic E-state index is 13.0. The van der Waals surface area contributed by atoms with Crippen LogP contribution in [0.5, 0.6) is 5.75 Å². The quantitative estimate of drug-likeness (QED) is 0.554. The van der Waals surface area contributed by atoms with Crippen LogP contribution in [0.3, 0.4) is 0 Å². The minimum atomic E-state index is -0.308. The van der Waals surface area contributed by atoms with E-state index in [-0.39, 0.29) is 11.5 Å². The molecular formula is C23H18N2O3. The molecule has 3 aromatic carbocycles. The van der Waals surface area contributed by atoms with Crippen molar-refractivity contribution in [1.82, 2.24) is 0 Å². The largest absolute Gasteiger partial charge is 0.497 e. The summed E-state index contributed by atoms with van der Waals surface area (Å²) in [6.07, 6.45) is 0. The van der Waals surface area contributed by atoms with Crippen molar-refractivity contribution in [1.29, 1.82) is 0 Å². The maximum Gasteiger partial charge on any atom is 0.261 e. The van der Waals surface area contributed by atoms with E-state index in [1.54, 1.807) is 25.3 Å². The molecule has 5 heteroatoms. The van der Waals surface area contributed by atoms with E-state index in [4.69, 9.17) is 9.15 Å². The molecule has 0 saturated heterocycles. The molecule has 0 aliphatic rings. The van der Waals surface area contributed by atoms with Crippen molar-refractivity contribution in [2.45, 2.75) is 0 Å². The van der Waals surface area contributed by atoms with Crippen LogP contribution in [0.2, 0.25) is 0 Å². The summed E-state index contributed by atoms with van der Waals surface area (Å²) in [7, 11) is 1.58. The van der Waals surface area contributed by atoms with Crippen molar-refractivity contribution < 1.29 is 13.9 Å². The van der Waals surface area contributed by atoms with Gasteiger partial charge in [0.15, 0.2) is 0 Å². The second-order valence-electron chi connectivity index (χ2n) is 6.14. The van der Waals surface area contributed by atoms with Gasteiger partial charge in [0.25, 0.3) is 5.91 Å². The smallest absolute Gasteiger partial charge is 0.261 e. The molecule has 28 heavy (non-hydrogen) atoms. The van der Waals surface area contributed by atoms with E-state index in [0.29, 0.717) is 28.3 Å². The van der Waals surface area contributed by atoms with Gasteiger partial charge in [-0.25, -0.2) is 4.99 Å². The minimum Gasteiger partial charge on any atom is -0.497 e. The fourth-order valence-electron chi connectivity index (χ4n) is 2.83. The van der Waals surface area contributed by atoms with E-state index >= 15 is 0 Å². The molecule has 0 saturated carbocycles. The molecule has 0 aliphatic heterocycles. The van der Waals surface area contributed by atoms with E-state index in [2.05, 4.69) is 10.3 Å². The number of fused-ring (bicyclic) bond motifs is 1. The highest BCUT2D eigenvalue weighted by molar-refractivity contribution is 6.05. The van der Waals surface area contributed by atoms with E-state index < -0.39 is 0 Å². The van der Waals surface area contributed by atoms with Crippen LogP contribution in [0, 0.1) is 0 Å². The number of methoxy groups -OCH3 is 1. The molecule has 1 heterocycles. The lowest BCUT2D eigenvalue weighted by atomic mass is 10.1. The second-order valence-corrected chi connectivity index (χ2v) is 6.14. The number of hydrogen-bond donors (Lipinski definition) is 1. The summed E-state index contributed by atoms with van der Waals surface area (Å²) in [5, 5.41) is 3.71. The highest BCUT2D eigenvalue weighted by atomic mass is 16.5. The first-order valence-corrected chi connectivity index (χ1v) is 8.81. The predicted octanol–water partition coefficient (Wildman–Crippen LogP) is 4.93. The number of hydrogen-bond acceptors (Lipinski definition) is 4. The summed E-state index contributed by atoms with van der Waals surface area (Å²) >= 11 is 0. The Morgan fingerprint density at radius 3 is 2.54 bits per heavy atom. The van der Waals surface area contributed by atoms with Gasteiger partial charge in [-0.3, -0.25) is 4.79 Å². The molecule has 0 fully saturated rings. The highest BCUT2D eigenvalue weighted by Gasteiger charge is 2.13. The van der Waals surface area contributed by atoms with Gasteiger partial charge in [-0.1, -0.05) is 42.5 Å². The average molecular weight is 370 g/mol. The van der Waals surface area contributed by atoms with E-state index in [9.17, 15) is 4.79 Å². The molecule has 0 spiro atoms. The van der Waals surface area contributed by atoms with E-state index in [0.717, 1.165) is 5.39 Å². The van der Waals surface area contributed by atoms with Crippen molar-refractivity contribution >= 4 is 28.3 Å². The maximum atomic E-state index is 13.0. The normalized spacial score (nSPS) is 11.4. The summed E-state index contributed by atoms with van der Waals surface area (Å²) in [6.45, 7) is 0. The van der Waals surface area contributed by atoms with Crippen LogP contribution in [0.15, 0.2) is 94.3 Å². The third-order valence-corrected chi connectivity index (χ3v) is 4.21. The Hall–Kier alpha value is -3.86. The van der Waals surface area contributed by atoms with Crippen LogP contribution in [0.25, 0.3) is 11.0 Å². The standard InChI is InChI=1S/C23H18N2O3/c1-27-19-12-7-11-18(15-19)24-22(26)20-14-16-8-5-6-13-21(16)28-23(20)25-17-9-3-2-4-10-17/h2-15H,1H3,(H,24,26). The molecule has 1 amide bonds. The van der Waals surface area contributed by atoms with Crippen molar-refractivity contribution in [3.05, 3.63) is 96.0 Å². The lowest BCUT2D eigenvalue weighted by Crippen LogP contribution is -2.21. The molecular weight excluding hydrogens is 352 g/mol. The second kappa shape index (κ2) is 7.80. The third kappa shape index (κ3) is 3.78. The summed E-state index contributed by atoms with van der Waals surface area (Å²) in [4.78, 5) is 17.5. The molecule has 0 aliphatic carbocycles. The number of carbonyl (C=O) groups is 1. The fraction of sp³-hybridized carbons (Fsp3) is 0.0435.